The van der Waals surface area contributed by atoms with Gasteiger partial charge in [-0.1, -0.05) is 6.07 Å². The lowest BCUT2D eigenvalue weighted by molar-refractivity contribution is -0.0421. The Morgan fingerprint density at radius 3 is 3.05 bits per heavy atom. The number of aromatic nitrogens is 1. The number of ether oxygens (including phenoxy) is 2. The third kappa shape index (κ3) is 3.16. The summed E-state index contributed by atoms with van der Waals surface area (Å²) in [4.78, 5) is 20.0. The van der Waals surface area contributed by atoms with Crippen LogP contribution in [0.25, 0.3) is 0 Å². The average Bonchev–Trinajstić information content (AvgIpc) is 2.96. The number of hydrogen-bond donors (Lipinski definition) is 0. The summed E-state index contributed by atoms with van der Waals surface area (Å²) in [5, 5.41) is 0. The van der Waals surface area contributed by atoms with Crippen molar-refractivity contribution in [3.05, 3.63) is 24.4 Å². The van der Waals surface area contributed by atoms with E-state index in [0.29, 0.717) is 31.6 Å². The Bertz CT molecular complexity index is 509. The molecule has 3 atom stereocenters. The Morgan fingerprint density at radius 1 is 1.45 bits per heavy atom. The fourth-order valence-corrected chi connectivity index (χ4v) is 3.32. The van der Waals surface area contributed by atoms with Crippen LogP contribution in [0.4, 0.5) is 4.79 Å². The Labute approximate surface area is 131 Å². The van der Waals surface area contributed by atoms with Gasteiger partial charge in [-0.15, -0.1) is 0 Å². The normalized spacial score (nSPS) is 27.4. The molecule has 1 saturated carbocycles. The first-order valence-electron chi connectivity index (χ1n) is 7.78. The van der Waals surface area contributed by atoms with Crippen LogP contribution in [0.15, 0.2) is 24.4 Å². The van der Waals surface area contributed by atoms with E-state index in [1.54, 1.807) is 25.2 Å². The number of urea groups is 1. The predicted octanol–water partition coefficient (Wildman–Crippen LogP) is 1.62. The quantitative estimate of drug-likeness (QED) is 0.851. The second-order valence-electron chi connectivity index (χ2n) is 6.16. The molecule has 6 nitrogen and oxygen atoms in total. The van der Waals surface area contributed by atoms with Crippen molar-refractivity contribution >= 4 is 6.03 Å². The van der Waals surface area contributed by atoms with Gasteiger partial charge in [-0.2, -0.15) is 0 Å². The highest BCUT2D eigenvalue weighted by atomic mass is 16.5. The second-order valence-corrected chi connectivity index (χ2v) is 6.16. The third-order valence-electron chi connectivity index (χ3n) is 4.37. The largest absolute Gasteiger partial charge is 0.477 e. The molecule has 1 aromatic rings. The first-order chi connectivity index (χ1) is 10.6. The zero-order valence-electron chi connectivity index (χ0n) is 13.1. The van der Waals surface area contributed by atoms with Crippen molar-refractivity contribution in [2.24, 2.45) is 5.92 Å². The minimum atomic E-state index is 0.0737. The van der Waals surface area contributed by atoms with Crippen molar-refractivity contribution in [2.45, 2.75) is 25.0 Å². The van der Waals surface area contributed by atoms with E-state index in [-0.39, 0.29) is 18.2 Å². The van der Waals surface area contributed by atoms with Crippen LogP contribution in [0.5, 0.6) is 5.88 Å². The van der Waals surface area contributed by atoms with Gasteiger partial charge in [0.15, 0.2) is 0 Å². The van der Waals surface area contributed by atoms with Gasteiger partial charge in [-0.25, -0.2) is 9.78 Å². The highest BCUT2D eigenvalue weighted by Gasteiger charge is 2.43. The molecule has 2 heterocycles. The Morgan fingerprint density at radius 2 is 2.32 bits per heavy atom. The van der Waals surface area contributed by atoms with E-state index in [2.05, 4.69) is 4.98 Å². The van der Waals surface area contributed by atoms with Gasteiger partial charge in [0.1, 0.15) is 0 Å². The summed E-state index contributed by atoms with van der Waals surface area (Å²) in [7, 11) is 3.59. The molecule has 2 amide bonds. The maximum absolute atomic E-state index is 12.3. The number of fused-ring (bicyclic) bond motifs is 1. The number of nitrogens with zero attached hydrogens (tertiary/aromatic N) is 3. The van der Waals surface area contributed by atoms with Crippen molar-refractivity contribution < 1.29 is 14.3 Å². The van der Waals surface area contributed by atoms with Crippen LogP contribution in [0.3, 0.4) is 0 Å². The maximum Gasteiger partial charge on any atom is 0.319 e. The van der Waals surface area contributed by atoms with Gasteiger partial charge in [0.2, 0.25) is 5.88 Å². The van der Waals surface area contributed by atoms with Crippen LogP contribution in [-0.2, 0) is 4.74 Å². The molecule has 0 spiro atoms. The molecule has 0 unspecified atom stereocenters. The third-order valence-corrected chi connectivity index (χ3v) is 4.37. The van der Waals surface area contributed by atoms with Crippen molar-refractivity contribution in [2.75, 3.05) is 33.9 Å². The van der Waals surface area contributed by atoms with Crippen molar-refractivity contribution in [1.29, 1.82) is 0 Å². The maximum atomic E-state index is 12.3. The topological polar surface area (TPSA) is 54.9 Å². The van der Waals surface area contributed by atoms with E-state index in [9.17, 15) is 4.79 Å². The van der Waals surface area contributed by atoms with Crippen LogP contribution in [0.1, 0.15) is 12.8 Å². The number of hydrogen-bond acceptors (Lipinski definition) is 4. The smallest absolute Gasteiger partial charge is 0.319 e. The molecule has 1 saturated heterocycles. The molecule has 0 N–H and O–H groups in total. The first-order valence-corrected chi connectivity index (χ1v) is 7.78. The monoisotopic (exact) mass is 305 g/mol. The van der Waals surface area contributed by atoms with Crippen molar-refractivity contribution in [1.82, 2.24) is 14.8 Å². The van der Waals surface area contributed by atoms with Gasteiger partial charge >= 0.3 is 6.03 Å². The molecule has 0 bridgehead atoms. The summed E-state index contributed by atoms with van der Waals surface area (Å²) in [6, 6.07) is 5.89. The van der Waals surface area contributed by atoms with E-state index in [0.717, 1.165) is 12.8 Å². The Balaban J connectivity index is 1.58. The standard InChI is InChI=1S/C16H23N3O3/c1-18(2)16(20)19-7-8-21-14-10-12(9-13(14)19)11-22-15-5-3-4-6-17-15/h3-6,12-14H,7-11H2,1-2H3/t12-,13+,14-/m1/s1. The molecule has 2 fully saturated rings. The molecule has 1 aromatic heterocycles. The summed E-state index contributed by atoms with van der Waals surface area (Å²) < 4.78 is 11.6. The summed E-state index contributed by atoms with van der Waals surface area (Å²) in [5.41, 5.74) is 0. The number of rotatable bonds is 3. The summed E-state index contributed by atoms with van der Waals surface area (Å²) in [6.07, 6.45) is 3.73. The minimum Gasteiger partial charge on any atom is -0.477 e. The molecule has 6 heteroatoms. The van der Waals surface area contributed by atoms with E-state index in [1.165, 1.54) is 0 Å². The summed E-state index contributed by atoms with van der Waals surface area (Å²) in [6.45, 7) is 1.91. The highest BCUT2D eigenvalue weighted by Crippen LogP contribution is 2.34. The number of amides is 2. The molecule has 0 aromatic carbocycles. The molecule has 1 aliphatic carbocycles. The van der Waals surface area contributed by atoms with Crippen molar-refractivity contribution in [3.8, 4) is 5.88 Å². The van der Waals surface area contributed by atoms with E-state index in [1.807, 2.05) is 23.1 Å². The van der Waals surface area contributed by atoms with Crippen molar-refractivity contribution in [3.63, 3.8) is 0 Å². The second kappa shape index (κ2) is 6.52. The highest BCUT2D eigenvalue weighted by molar-refractivity contribution is 5.74. The lowest BCUT2D eigenvalue weighted by Crippen LogP contribution is -2.54. The average molecular weight is 305 g/mol. The van der Waals surface area contributed by atoms with Gasteiger partial charge < -0.3 is 19.3 Å². The van der Waals surface area contributed by atoms with Gasteiger partial charge in [0, 0.05) is 32.9 Å². The molecule has 22 heavy (non-hydrogen) atoms. The lowest BCUT2D eigenvalue weighted by atomic mass is 10.1. The molecule has 3 rings (SSSR count). The zero-order valence-corrected chi connectivity index (χ0v) is 13.1. The Hall–Kier alpha value is -1.82. The zero-order chi connectivity index (χ0) is 15.5. The minimum absolute atomic E-state index is 0.0737. The SMILES string of the molecule is CN(C)C(=O)N1CCO[C@@H]2C[C@H](COc3ccccn3)C[C@@H]21. The molecule has 0 radical (unpaired) electrons. The lowest BCUT2D eigenvalue weighted by Gasteiger charge is -2.38. The summed E-state index contributed by atoms with van der Waals surface area (Å²) >= 11 is 0. The number of carbonyl (C=O) groups excluding carboxylic acids is 1. The van der Waals surface area contributed by atoms with Gasteiger partial charge in [0.25, 0.3) is 0 Å². The first kappa shape index (κ1) is 15.1. The van der Waals surface area contributed by atoms with Gasteiger partial charge in [-0.05, 0) is 24.8 Å². The Kier molecular flexibility index (Phi) is 4.47. The molecule has 120 valence electrons. The number of morpholine rings is 1. The van der Waals surface area contributed by atoms with Gasteiger partial charge in [0.05, 0.1) is 25.4 Å². The van der Waals surface area contributed by atoms with E-state index < -0.39 is 0 Å². The van der Waals surface area contributed by atoms with E-state index in [4.69, 9.17) is 9.47 Å². The molecular formula is C16H23N3O3. The van der Waals surface area contributed by atoms with Crippen LogP contribution in [0, 0.1) is 5.92 Å². The molecule has 1 aliphatic heterocycles. The molecular weight excluding hydrogens is 282 g/mol. The molecule has 2 aliphatic rings. The predicted molar refractivity (Wildman–Crippen MR) is 81.8 cm³/mol. The number of carbonyl (C=O) groups is 1. The summed E-state index contributed by atoms with van der Waals surface area (Å²) in [5.74, 6) is 1.05. The van der Waals surface area contributed by atoms with Gasteiger partial charge in [-0.3, -0.25) is 0 Å². The fourth-order valence-electron chi connectivity index (χ4n) is 3.32. The van der Waals surface area contributed by atoms with Crippen LogP contribution in [-0.4, -0.2) is 66.8 Å². The number of pyridine rings is 1. The van der Waals surface area contributed by atoms with Crippen LogP contribution in [0.2, 0.25) is 0 Å². The van der Waals surface area contributed by atoms with E-state index >= 15 is 0 Å². The van der Waals surface area contributed by atoms with Crippen LogP contribution >= 0.6 is 0 Å². The van der Waals surface area contributed by atoms with Crippen LogP contribution < -0.4 is 4.74 Å². The fraction of sp³-hybridized carbons (Fsp3) is 0.625.